The highest BCUT2D eigenvalue weighted by Gasteiger charge is 2.21. The number of aromatic nitrogens is 1. The molecule has 1 aromatic carbocycles. The van der Waals surface area contributed by atoms with Crippen molar-refractivity contribution in [2.75, 3.05) is 0 Å². The van der Waals surface area contributed by atoms with Gasteiger partial charge in [0, 0.05) is 16.5 Å². The SMILES string of the molecule is CCC(C)(C)c1ncc(/C=C/c2ccc(C(C)C)cc2)s1. The number of thiazole rings is 1. The van der Waals surface area contributed by atoms with Gasteiger partial charge in [0.2, 0.25) is 0 Å². The molecular weight excluding hydrogens is 274 g/mol. The predicted molar refractivity (Wildman–Crippen MR) is 94.9 cm³/mol. The zero-order valence-corrected chi connectivity index (χ0v) is 14.5. The summed E-state index contributed by atoms with van der Waals surface area (Å²) in [7, 11) is 0. The highest BCUT2D eigenvalue weighted by molar-refractivity contribution is 7.12. The van der Waals surface area contributed by atoms with Crippen LogP contribution in [0.25, 0.3) is 12.2 Å². The van der Waals surface area contributed by atoms with Gasteiger partial charge >= 0.3 is 0 Å². The van der Waals surface area contributed by atoms with Crippen molar-refractivity contribution >= 4 is 23.5 Å². The van der Waals surface area contributed by atoms with Crippen molar-refractivity contribution in [3.63, 3.8) is 0 Å². The van der Waals surface area contributed by atoms with E-state index in [-0.39, 0.29) is 5.41 Å². The molecule has 0 radical (unpaired) electrons. The molecule has 0 aliphatic carbocycles. The quantitative estimate of drug-likeness (QED) is 0.647. The van der Waals surface area contributed by atoms with Crippen LogP contribution in [0.4, 0.5) is 0 Å². The first-order chi connectivity index (χ1) is 9.92. The monoisotopic (exact) mass is 299 g/mol. The van der Waals surface area contributed by atoms with Crippen LogP contribution in [0.5, 0.6) is 0 Å². The molecule has 0 saturated heterocycles. The molecule has 0 N–H and O–H groups in total. The lowest BCUT2D eigenvalue weighted by atomic mass is 9.91. The Kier molecular flexibility index (Phi) is 5.00. The lowest BCUT2D eigenvalue weighted by Gasteiger charge is -2.18. The van der Waals surface area contributed by atoms with Gasteiger partial charge in [-0.2, -0.15) is 0 Å². The van der Waals surface area contributed by atoms with Crippen molar-refractivity contribution in [2.24, 2.45) is 0 Å². The fourth-order valence-electron chi connectivity index (χ4n) is 2.00. The van der Waals surface area contributed by atoms with Gasteiger partial charge < -0.3 is 0 Å². The predicted octanol–water partition coefficient (Wildman–Crippen LogP) is 6.12. The van der Waals surface area contributed by atoms with Crippen LogP contribution in [0.1, 0.15) is 68.0 Å². The maximum Gasteiger partial charge on any atom is 0.0987 e. The van der Waals surface area contributed by atoms with Gasteiger partial charge in [-0.3, -0.25) is 0 Å². The lowest BCUT2D eigenvalue weighted by molar-refractivity contribution is 0.503. The molecule has 112 valence electrons. The first-order valence-electron chi connectivity index (χ1n) is 7.66. The third-order valence-corrected chi connectivity index (χ3v) is 5.36. The molecule has 1 aromatic heterocycles. The van der Waals surface area contributed by atoms with Gasteiger partial charge in [-0.1, -0.05) is 65.0 Å². The van der Waals surface area contributed by atoms with Crippen molar-refractivity contribution in [1.29, 1.82) is 0 Å². The topological polar surface area (TPSA) is 12.9 Å². The molecule has 0 spiro atoms. The average molecular weight is 299 g/mol. The summed E-state index contributed by atoms with van der Waals surface area (Å²) in [5.41, 5.74) is 2.80. The molecule has 0 unspecified atom stereocenters. The van der Waals surface area contributed by atoms with Gasteiger partial charge in [0.05, 0.1) is 5.01 Å². The standard InChI is InChI=1S/C19H25NS/c1-6-19(4,5)18-20-13-17(21-18)12-9-15-7-10-16(11-8-15)14(2)3/h7-14H,6H2,1-5H3/b12-9+. The van der Waals surface area contributed by atoms with Crippen LogP contribution in [-0.2, 0) is 5.41 Å². The Morgan fingerprint density at radius 3 is 2.38 bits per heavy atom. The van der Waals surface area contributed by atoms with Crippen LogP contribution in [0.3, 0.4) is 0 Å². The summed E-state index contributed by atoms with van der Waals surface area (Å²) in [6, 6.07) is 8.79. The van der Waals surface area contributed by atoms with Crippen LogP contribution in [0, 0.1) is 0 Å². The van der Waals surface area contributed by atoms with Gasteiger partial charge in [-0.15, -0.1) is 11.3 Å². The molecule has 0 aliphatic rings. The third kappa shape index (κ3) is 4.04. The second-order valence-electron chi connectivity index (χ2n) is 6.46. The average Bonchev–Trinajstić information content (AvgIpc) is 2.95. The number of hydrogen-bond donors (Lipinski definition) is 0. The smallest absolute Gasteiger partial charge is 0.0987 e. The summed E-state index contributed by atoms with van der Waals surface area (Å²) in [5, 5.41) is 1.22. The van der Waals surface area contributed by atoms with E-state index in [1.807, 2.05) is 6.20 Å². The fourth-order valence-corrected chi connectivity index (χ4v) is 2.99. The Balaban J connectivity index is 2.11. The molecule has 0 fully saturated rings. The summed E-state index contributed by atoms with van der Waals surface area (Å²) in [6.07, 6.45) is 7.42. The van der Waals surface area contributed by atoms with E-state index in [0.717, 1.165) is 6.42 Å². The lowest BCUT2D eigenvalue weighted by Crippen LogP contribution is -2.14. The molecule has 0 aliphatic heterocycles. The second-order valence-corrected chi connectivity index (χ2v) is 7.52. The molecule has 21 heavy (non-hydrogen) atoms. The van der Waals surface area contributed by atoms with Crippen LogP contribution in [0.2, 0.25) is 0 Å². The number of nitrogens with zero attached hydrogens (tertiary/aromatic N) is 1. The Hall–Kier alpha value is -1.41. The maximum atomic E-state index is 4.58. The molecule has 2 aromatic rings. The van der Waals surface area contributed by atoms with Crippen LogP contribution in [-0.4, -0.2) is 4.98 Å². The van der Waals surface area contributed by atoms with Crippen LogP contribution < -0.4 is 0 Å². The van der Waals surface area contributed by atoms with Gasteiger partial charge in [0.15, 0.2) is 0 Å². The van der Waals surface area contributed by atoms with E-state index in [1.54, 1.807) is 11.3 Å². The minimum absolute atomic E-state index is 0.176. The molecule has 0 saturated carbocycles. The minimum atomic E-state index is 0.176. The Bertz CT molecular complexity index is 603. The zero-order valence-electron chi connectivity index (χ0n) is 13.7. The molecular formula is C19H25NS. The van der Waals surface area contributed by atoms with E-state index in [2.05, 4.69) is 76.0 Å². The number of benzene rings is 1. The van der Waals surface area contributed by atoms with E-state index in [0.29, 0.717) is 5.92 Å². The second kappa shape index (κ2) is 6.57. The Morgan fingerprint density at radius 1 is 1.14 bits per heavy atom. The molecule has 2 heteroatoms. The summed E-state index contributed by atoms with van der Waals surface area (Å²) in [6.45, 7) is 11.2. The van der Waals surface area contributed by atoms with Crippen molar-refractivity contribution in [1.82, 2.24) is 4.98 Å². The third-order valence-electron chi connectivity index (χ3n) is 4.03. The fraction of sp³-hybridized carbons (Fsp3) is 0.421. The van der Waals surface area contributed by atoms with E-state index in [4.69, 9.17) is 0 Å². The minimum Gasteiger partial charge on any atom is -0.248 e. The van der Waals surface area contributed by atoms with E-state index in [9.17, 15) is 0 Å². The van der Waals surface area contributed by atoms with Crippen LogP contribution >= 0.6 is 11.3 Å². The summed E-state index contributed by atoms with van der Waals surface area (Å²) in [4.78, 5) is 5.80. The number of rotatable bonds is 5. The van der Waals surface area contributed by atoms with Gasteiger partial charge in [0.1, 0.15) is 0 Å². The largest absolute Gasteiger partial charge is 0.248 e. The van der Waals surface area contributed by atoms with Gasteiger partial charge in [0.25, 0.3) is 0 Å². The summed E-state index contributed by atoms with van der Waals surface area (Å²) in [5.74, 6) is 0.586. The van der Waals surface area contributed by atoms with E-state index >= 15 is 0 Å². The van der Waals surface area contributed by atoms with Gasteiger partial charge in [-0.05, 0) is 29.5 Å². The number of hydrogen-bond acceptors (Lipinski definition) is 2. The van der Waals surface area contributed by atoms with E-state index < -0.39 is 0 Å². The van der Waals surface area contributed by atoms with Crippen LogP contribution in [0.15, 0.2) is 30.5 Å². The Labute approximate surface area is 132 Å². The summed E-state index contributed by atoms with van der Waals surface area (Å²) < 4.78 is 0. The molecule has 0 atom stereocenters. The highest BCUT2D eigenvalue weighted by atomic mass is 32.1. The van der Waals surface area contributed by atoms with Gasteiger partial charge in [-0.25, -0.2) is 4.98 Å². The van der Waals surface area contributed by atoms with Crippen molar-refractivity contribution in [3.05, 3.63) is 51.5 Å². The molecule has 0 amide bonds. The molecule has 2 rings (SSSR count). The normalized spacial score (nSPS) is 12.5. The zero-order chi connectivity index (χ0) is 15.5. The summed E-state index contributed by atoms with van der Waals surface area (Å²) >= 11 is 1.79. The molecule has 1 heterocycles. The molecule has 0 bridgehead atoms. The van der Waals surface area contributed by atoms with E-state index in [1.165, 1.54) is 21.0 Å². The Morgan fingerprint density at radius 2 is 1.81 bits per heavy atom. The van der Waals surface area contributed by atoms with Crippen molar-refractivity contribution in [2.45, 2.75) is 52.4 Å². The maximum absolute atomic E-state index is 4.58. The van der Waals surface area contributed by atoms with Crippen molar-refractivity contribution < 1.29 is 0 Å². The first-order valence-corrected chi connectivity index (χ1v) is 8.48. The molecule has 1 nitrogen and oxygen atoms in total. The first kappa shape index (κ1) is 16.0. The highest BCUT2D eigenvalue weighted by Crippen LogP contribution is 2.31. The van der Waals surface area contributed by atoms with Crippen molar-refractivity contribution in [3.8, 4) is 0 Å².